The Morgan fingerprint density at radius 1 is 1.33 bits per heavy atom. The first kappa shape index (κ1) is 18.3. The lowest BCUT2D eigenvalue weighted by atomic mass is 9.79. The summed E-state index contributed by atoms with van der Waals surface area (Å²) in [5, 5.41) is 0. The summed E-state index contributed by atoms with van der Waals surface area (Å²) in [5.41, 5.74) is 9.23. The maximum atomic E-state index is 6.22. The van der Waals surface area contributed by atoms with Crippen LogP contribution in [0.5, 0.6) is 5.75 Å². The molecule has 3 nitrogen and oxygen atoms in total. The molecule has 1 fully saturated rings. The highest BCUT2D eigenvalue weighted by Gasteiger charge is 2.33. The zero-order chi connectivity index (χ0) is 14.8. The number of benzene rings is 1. The highest BCUT2D eigenvalue weighted by molar-refractivity contribution is 5.85. The Bertz CT molecular complexity index is 462. The Kier molecular flexibility index (Phi) is 6.51. The number of ether oxygens (including phenoxy) is 1. The van der Waals surface area contributed by atoms with Crippen LogP contribution in [0.4, 0.5) is 0 Å². The minimum atomic E-state index is 0. The molecular formula is C17H29ClN2O. The van der Waals surface area contributed by atoms with E-state index >= 15 is 0 Å². The van der Waals surface area contributed by atoms with Crippen LogP contribution in [0.25, 0.3) is 0 Å². The van der Waals surface area contributed by atoms with Gasteiger partial charge in [0.15, 0.2) is 0 Å². The number of halogens is 1. The number of nitrogens with two attached hydrogens (primary N) is 1. The van der Waals surface area contributed by atoms with Crippen LogP contribution in [-0.2, 0) is 13.0 Å². The normalized spacial score (nSPS) is 21.7. The molecule has 2 rings (SSSR count). The number of aryl methyl sites for hydroxylation is 1. The first-order chi connectivity index (χ1) is 9.46. The van der Waals surface area contributed by atoms with Crippen LogP contribution in [0.3, 0.4) is 0 Å². The Morgan fingerprint density at radius 3 is 2.62 bits per heavy atom. The average molecular weight is 313 g/mol. The molecular weight excluding hydrogens is 284 g/mol. The number of hydrogen-bond donors (Lipinski definition) is 1. The summed E-state index contributed by atoms with van der Waals surface area (Å²) >= 11 is 0. The molecule has 0 aromatic heterocycles. The van der Waals surface area contributed by atoms with Crippen LogP contribution >= 0.6 is 12.4 Å². The zero-order valence-corrected chi connectivity index (χ0v) is 14.5. The number of likely N-dealkylation sites (tertiary alicyclic amines) is 1. The minimum Gasteiger partial charge on any atom is -0.497 e. The molecule has 0 aliphatic carbocycles. The Balaban J connectivity index is 0.00000220. The quantitative estimate of drug-likeness (QED) is 0.927. The second-order valence-electron chi connectivity index (χ2n) is 6.58. The standard InChI is InChI=1S/C17H28N2O.ClH/c1-5-13-10-15(20-4)7-6-14(13)11-19-9-8-16(18)17(2,3)12-19;/h6-7,10,16H,5,8-9,11-12,18H2,1-4H3;1H. The highest BCUT2D eigenvalue weighted by Crippen LogP contribution is 2.29. The van der Waals surface area contributed by atoms with Gasteiger partial charge < -0.3 is 10.5 Å². The van der Waals surface area contributed by atoms with E-state index in [4.69, 9.17) is 10.5 Å². The van der Waals surface area contributed by atoms with Gasteiger partial charge in [0.25, 0.3) is 0 Å². The molecule has 0 bridgehead atoms. The third kappa shape index (κ3) is 4.35. The van der Waals surface area contributed by atoms with Gasteiger partial charge >= 0.3 is 0 Å². The smallest absolute Gasteiger partial charge is 0.119 e. The zero-order valence-electron chi connectivity index (χ0n) is 13.7. The van der Waals surface area contributed by atoms with Crippen molar-refractivity contribution in [1.82, 2.24) is 4.90 Å². The van der Waals surface area contributed by atoms with Gasteiger partial charge in [-0.15, -0.1) is 12.4 Å². The predicted octanol–water partition coefficient (Wildman–Crippen LogP) is 3.24. The molecule has 1 aromatic carbocycles. The van der Waals surface area contributed by atoms with Gasteiger partial charge in [-0.05, 0) is 41.5 Å². The van der Waals surface area contributed by atoms with Crippen molar-refractivity contribution in [3.05, 3.63) is 29.3 Å². The molecule has 21 heavy (non-hydrogen) atoms. The van der Waals surface area contributed by atoms with E-state index in [-0.39, 0.29) is 17.8 Å². The van der Waals surface area contributed by atoms with Crippen LogP contribution in [-0.4, -0.2) is 31.1 Å². The number of hydrogen-bond acceptors (Lipinski definition) is 3. The summed E-state index contributed by atoms with van der Waals surface area (Å²) < 4.78 is 5.32. The van der Waals surface area contributed by atoms with Crippen molar-refractivity contribution in [2.45, 2.75) is 46.2 Å². The molecule has 120 valence electrons. The molecule has 0 amide bonds. The van der Waals surface area contributed by atoms with E-state index < -0.39 is 0 Å². The molecule has 0 saturated carbocycles. The SMILES string of the molecule is CCc1cc(OC)ccc1CN1CCC(N)C(C)(C)C1.Cl. The Morgan fingerprint density at radius 2 is 2.05 bits per heavy atom. The summed E-state index contributed by atoms with van der Waals surface area (Å²) in [7, 11) is 1.73. The van der Waals surface area contributed by atoms with E-state index in [0.717, 1.165) is 38.2 Å². The molecule has 1 aliphatic rings. The fourth-order valence-corrected chi connectivity index (χ4v) is 3.07. The van der Waals surface area contributed by atoms with E-state index in [2.05, 4.69) is 43.9 Å². The summed E-state index contributed by atoms with van der Waals surface area (Å²) in [4.78, 5) is 2.53. The molecule has 4 heteroatoms. The summed E-state index contributed by atoms with van der Waals surface area (Å²) in [6.07, 6.45) is 2.13. The van der Waals surface area contributed by atoms with Gasteiger partial charge in [-0.3, -0.25) is 4.90 Å². The third-order valence-electron chi connectivity index (χ3n) is 4.58. The van der Waals surface area contributed by atoms with E-state index in [1.165, 1.54) is 11.1 Å². The van der Waals surface area contributed by atoms with Gasteiger partial charge in [0.2, 0.25) is 0 Å². The van der Waals surface area contributed by atoms with Gasteiger partial charge in [0.05, 0.1) is 7.11 Å². The molecule has 1 atom stereocenters. The van der Waals surface area contributed by atoms with E-state index in [1.807, 2.05) is 0 Å². The van der Waals surface area contributed by atoms with Gasteiger partial charge in [-0.2, -0.15) is 0 Å². The number of rotatable bonds is 4. The molecule has 1 unspecified atom stereocenters. The molecule has 2 N–H and O–H groups in total. The topological polar surface area (TPSA) is 38.5 Å². The maximum Gasteiger partial charge on any atom is 0.119 e. The van der Waals surface area contributed by atoms with Crippen molar-refractivity contribution in [1.29, 1.82) is 0 Å². The number of methoxy groups -OCH3 is 1. The van der Waals surface area contributed by atoms with E-state index in [9.17, 15) is 0 Å². The lowest BCUT2D eigenvalue weighted by Gasteiger charge is -2.42. The predicted molar refractivity (Wildman–Crippen MR) is 91.3 cm³/mol. The van der Waals surface area contributed by atoms with Crippen molar-refractivity contribution in [3.8, 4) is 5.75 Å². The summed E-state index contributed by atoms with van der Waals surface area (Å²) in [5.74, 6) is 0.951. The van der Waals surface area contributed by atoms with Crippen molar-refractivity contribution < 1.29 is 4.74 Å². The van der Waals surface area contributed by atoms with Crippen LogP contribution in [0, 0.1) is 5.41 Å². The first-order valence-corrected chi connectivity index (χ1v) is 7.60. The van der Waals surface area contributed by atoms with Crippen LogP contribution in [0.15, 0.2) is 18.2 Å². The van der Waals surface area contributed by atoms with Gasteiger partial charge in [0, 0.05) is 25.7 Å². The summed E-state index contributed by atoms with van der Waals surface area (Å²) in [6, 6.07) is 6.75. The average Bonchev–Trinajstić information content (AvgIpc) is 2.43. The van der Waals surface area contributed by atoms with E-state index in [1.54, 1.807) is 7.11 Å². The molecule has 1 heterocycles. The molecule has 0 radical (unpaired) electrons. The van der Waals surface area contributed by atoms with Gasteiger partial charge in [-0.1, -0.05) is 26.8 Å². The Hall–Kier alpha value is -0.770. The second kappa shape index (κ2) is 7.48. The van der Waals surface area contributed by atoms with Crippen LogP contribution < -0.4 is 10.5 Å². The Labute approximate surface area is 135 Å². The highest BCUT2D eigenvalue weighted by atomic mass is 35.5. The molecule has 0 spiro atoms. The number of nitrogens with zero attached hydrogens (tertiary/aromatic N) is 1. The van der Waals surface area contributed by atoms with Gasteiger partial charge in [0.1, 0.15) is 5.75 Å². The van der Waals surface area contributed by atoms with Crippen molar-refractivity contribution in [2.24, 2.45) is 11.1 Å². The third-order valence-corrected chi connectivity index (χ3v) is 4.58. The molecule has 1 aromatic rings. The molecule has 1 aliphatic heterocycles. The van der Waals surface area contributed by atoms with Gasteiger partial charge in [-0.25, -0.2) is 0 Å². The lowest BCUT2D eigenvalue weighted by Crippen LogP contribution is -2.52. The van der Waals surface area contributed by atoms with E-state index in [0.29, 0.717) is 6.04 Å². The minimum absolute atomic E-state index is 0. The lowest BCUT2D eigenvalue weighted by molar-refractivity contribution is 0.0897. The van der Waals surface area contributed by atoms with Crippen molar-refractivity contribution >= 4 is 12.4 Å². The van der Waals surface area contributed by atoms with Crippen molar-refractivity contribution in [2.75, 3.05) is 20.2 Å². The van der Waals surface area contributed by atoms with Crippen LogP contribution in [0.1, 0.15) is 38.3 Å². The number of piperidine rings is 1. The monoisotopic (exact) mass is 312 g/mol. The second-order valence-corrected chi connectivity index (χ2v) is 6.58. The summed E-state index contributed by atoms with van der Waals surface area (Å²) in [6.45, 7) is 9.94. The fourth-order valence-electron chi connectivity index (χ4n) is 3.07. The maximum absolute atomic E-state index is 6.22. The first-order valence-electron chi connectivity index (χ1n) is 7.60. The molecule has 1 saturated heterocycles. The fraction of sp³-hybridized carbons (Fsp3) is 0.647. The van der Waals surface area contributed by atoms with Crippen molar-refractivity contribution in [3.63, 3.8) is 0 Å². The largest absolute Gasteiger partial charge is 0.497 e. The van der Waals surface area contributed by atoms with Crippen LogP contribution in [0.2, 0.25) is 0 Å².